The van der Waals surface area contributed by atoms with Gasteiger partial charge in [0, 0.05) is 23.7 Å². The van der Waals surface area contributed by atoms with Gasteiger partial charge in [-0.15, -0.1) is 0 Å². The van der Waals surface area contributed by atoms with E-state index in [1.807, 2.05) is 6.07 Å². The summed E-state index contributed by atoms with van der Waals surface area (Å²) in [7, 11) is 0. The summed E-state index contributed by atoms with van der Waals surface area (Å²) in [6.07, 6.45) is 11.4. The summed E-state index contributed by atoms with van der Waals surface area (Å²) in [5.74, 6) is -0.150. The number of pyridine rings is 1. The van der Waals surface area contributed by atoms with Crippen LogP contribution in [0.15, 0.2) is 37.7 Å². The summed E-state index contributed by atoms with van der Waals surface area (Å²) in [4.78, 5) is 33.7. The molecule has 32 heavy (non-hydrogen) atoms. The van der Waals surface area contributed by atoms with Crippen LogP contribution in [0.3, 0.4) is 0 Å². The molecule has 164 valence electrons. The van der Waals surface area contributed by atoms with E-state index in [2.05, 4.69) is 39.8 Å². The molecule has 0 radical (unpaired) electrons. The van der Waals surface area contributed by atoms with Crippen molar-refractivity contribution in [2.75, 3.05) is 0 Å². The largest absolute Gasteiger partial charge is 0.354 e. The molecule has 7 nitrogen and oxygen atoms in total. The highest BCUT2D eigenvalue weighted by atomic mass is 16.2. The quantitative estimate of drug-likeness (QED) is 0.589. The first kappa shape index (κ1) is 21.6. The third kappa shape index (κ3) is 4.09. The smallest absolute Gasteiger partial charge is 0.268 e. The van der Waals surface area contributed by atoms with Crippen molar-refractivity contribution >= 4 is 24.0 Å². The highest BCUT2D eigenvalue weighted by Gasteiger charge is 2.43. The van der Waals surface area contributed by atoms with Crippen LogP contribution in [0.5, 0.6) is 0 Å². The molecule has 0 aliphatic heterocycles. The first-order chi connectivity index (χ1) is 15.5. The van der Waals surface area contributed by atoms with Crippen LogP contribution in [0.25, 0.3) is 12.2 Å². The lowest BCUT2D eigenvalue weighted by molar-refractivity contribution is -0.127. The topological polar surface area (TPSA) is 111 Å². The minimum Gasteiger partial charge on any atom is -0.354 e. The Balaban J connectivity index is 1.55. The highest BCUT2D eigenvalue weighted by molar-refractivity contribution is 5.98. The molecule has 1 unspecified atom stereocenters. The Hall–Kier alpha value is -3.66. The van der Waals surface area contributed by atoms with Crippen LogP contribution >= 0.6 is 0 Å². The van der Waals surface area contributed by atoms with Gasteiger partial charge < -0.3 is 15.6 Å². The summed E-state index contributed by atoms with van der Waals surface area (Å²) < 4.78 is 0. The molecule has 4 rings (SSSR count). The Labute approximate surface area is 187 Å². The van der Waals surface area contributed by atoms with E-state index >= 15 is 0 Å². The molecule has 1 atom stereocenters. The fourth-order valence-electron chi connectivity index (χ4n) is 4.43. The van der Waals surface area contributed by atoms with E-state index < -0.39 is 11.6 Å². The van der Waals surface area contributed by atoms with Crippen LogP contribution in [0.1, 0.15) is 83.4 Å². The van der Waals surface area contributed by atoms with Gasteiger partial charge in [-0.05, 0) is 54.9 Å². The number of rotatable bonds is 8. The van der Waals surface area contributed by atoms with Gasteiger partial charge in [0.1, 0.15) is 17.3 Å². The third-order valence-corrected chi connectivity index (χ3v) is 6.40. The third-order valence-electron chi connectivity index (χ3n) is 6.40. The van der Waals surface area contributed by atoms with Gasteiger partial charge in [0.05, 0.1) is 6.07 Å². The average Bonchev–Trinajstić information content (AvgIpc) is 3.34. The van der Waals surface area contributed by atoms with E-state index in [0.29, 0.717) is 35.6 Å². The fraction of sp³-hybridized carbons (Fsp3) is 0.360. The standard InChI is InChI=1S/C25H27N5O2/c1-3-16-14-27-15-19(18(16)4-2)22(13-26)29-24(32)25(11-5-6-12-25)30-23(31)21-10-9-20(28-21)17-7-8-17/h3-4,9-10,14-15,17,22,28H,1-2,5-8,11-12H2,(H,29,32)(H,30,31). The van der Waals surface area contributed by atoms with E-state index in [9.17, 15) is 14.9 Å². The SMILES string of the molecule is C=Cc1cncc(C(C#N)NC(=O)C2(NC(=O)c3ccc(C4CC4)[nH]3)CCCC2)c1C=C. The number of nitriles is 1. The number of hydrogen-bond acceptors (Lipinski definition) is 4. The van der Waals surface area contributed by atoms with Crippen LogP contribution in [-0.2, 0) is 4.79 Å². The Morgan fingerprint density at radius 1 is 1.22 bits per heavy atom. The summed E-state index contributed by atoms with van der Waals surface area (Å²) >= 11 is 0. The minimum absolute atomic E-state index is 0.301. The van der Waals surface area contributed by atoms with Crippen molar-refractivity contribution in [1.29, 1.82) is 5.26 Å². The van der Waals surface area contributed by atoms with Gasteiger partial charge in [-0.25, -0.2) is 0 Å². The molecule has 0 spiro atoms. The molecule has 2 aliphatic rings. The van der Waals surface area contributed by atoms with Crippen LogP contribution in [0.4, 0.5) is 0 Å². The molecule has 2 saturated carbocycles. The highest BCUT2D eigenvalue weighted by Crippen LogP contribution is 2.39. The van der Waals surface area contributed by atoms with Crippen molar-refractivity contribution in [2.45, 2.75) is 56.0 Å². The summed E-state index contributed by atoms with van der Waals surface area (Å²) in [5.41, 5.74) is 2.45. The number of aromatic amines is 1. The summed E-state index contributed by atoms with van der Waals surface area (Å²) in [5, 5.41) is 15.6. The molecule has 2 aliphatic carbocycles. The second kappa shape index (κ2) is 8.83. The second-order valence-electron chi connectivity index (χ2n) is 8.52. The molecule has 3 N–H and O–H groups in total. The first-order valence-electron chi connectivity index (χ1n) is 11.0. The zero-order chi connectivity index (χ0) is 22.7. The number of nitrogens with zero attached hydrogens (tertiary/aromatic N) is 2. The van der Waals surface area contributed by atoms with E-state index in [1.54, 1.807) is 30.6 Å². The molecular formula is C25H27N5O2. The minimum atomic E-state index is -1.05. The number of H-pyrrole nitrogens is 1. The van der Waals surface area contributed by atoms with Crippen molar-refractivity contribution in [3.05, 3.63) is 65.8 Å². The van der Waals surface area contributed by atoms with E-state index in [1.165, 1.54) is 0 Å². The second-order valence-corrected chi connectivity index (χ2v) is 8.52. The number of hydrogen-bond donors (Lipinski definition) is 3. The van der Waals surface area contributed by atoms with Gasteiger partial charge in [-0.1, -0.05) is 38.2 Å². The van der Waals surface area contributed by atoms with Gasteiger partial charge >= 0.3 is 0 Å². The Kier molecular flexibility index (Phi) is 5.95. The normalized spacial score (nSPS) is 17.7. The van der Waals surface area contributed by atoms with Crippen LogP contribution in [0, 0.1) is 11.3 Å². The van der Waals surface area contributed by atoms with Crippen molar-refractivity contribution in [1.82, 2.24) is 20.6 Å². The van der Waals surface area contributed by atoms with Crippen LogP contribution in [-0.4, -0.2) is 27.3 Å². The van der Waals surface area contributed by atoms with Gasteiger partial charge in [0.15, 0.2) is 0 Å². The Morgan fingerprint density at radius 2 is 1.97 bits per heavy atom. The zero-order valence-electron chi connectivity index (χ0n) is 18.0. The molecule has 2 amide bonds. The number of carbonyl (C=O) groups excluding carboxylic acids is 2. The maximum absolute atomic E-state index is 13.4. The van der Waals surface area contributed by atoms with Crippen molar-refractivity contribution < 1.29 is 9.59 Å². The lowest BCUT2D eigenvalue weighted by Crippen LogP contribution is -2.57. The van der Waals surface area contributed by atoms with Gasteiger partial charge in [-0.3, -0.25) is 14.6 Å². The molecule has 2 fully saturated rings. The first-order valence-corrected chi connectivity index (χ1v) is 11.0. The fourth-order valence-corrected chi connectivity index (χ4v) is 4.43. The van der Waals surface area contributed by atoms with Crippen molar-refractivity contribution in [3.63, 3.8) is 0 Å². The Bertz CT molecular complexity index is 1100. The van der Waals surface area contributed by atoms with Gasteiger partial charge in [-0.2, -0.15) is 5.26 Å². The van der Waals surface area contributed by atoms with Gasteiger partial charge in [0.25, 0.3) is 5.91 Å². The average molecular weight is 430 g/mol. The van der Waals surface area contributed by atoms with Crippen LogP contribution < -0.4 is 10.6 Å². The number of amides is 2. The van der Waals surface area contributed by atoms with Crippen molar-refractivity contribution in [3.8, 4) is 6.07 Å². The monoisotopic (exact) mass is 429 g/mol. The lowest BCUT2D eigenvalue weighted by atomic mass is 9.93. The summed E-state index contributed by atoms with van der Waals surface area (Å²) in [6, 6.07) is 4.93. The van der Waals surface area contributed by atoms with E-state index in [-0.39, 0.29) is 11.8 Å². The predicted molar refractivity (Wildman–Crippen MR) is 122 cm³/mol. The molecular weight excluding hydrogens is 402 g/mol. The van der Waals surface area contributed by atoms with Crippen molar-refractivity contribution in [2.24, 2.45) is 0 Å². The molecule has 0 saturated heterocycles. The zero-order valence-corrected chi connectivity index (χ0v) is 18.0. The molecule has 2 aromatic heterocycles. The number of nitrogens with one attached hydrogen (secondary N) is 3. The molecule has 2 heterocycles. The molecule has 0 aromatic carbocycles. The molecule has 2 aromatic rings. The number of aromatic nitrogens is 2. The predicted octanol–water partition coefficient (Wildman–Crippen LogP) is 4.00. The summed E-state index contributed by atoms with van der Waals surface area (Å²) in [6.45, 7) is 7.59. The maximum atomic E-state index is 13.4. The lowest BCUT2D eigenvalue weighted by Gasteiger charge is -2.30. The Morgan fingerprint density at radius 3 is 2.59 bits per heavy atom. The van der Waals surface area contributed by atoms with Crippen LogP contribution in [0.2, 0.25) is 0 Å². The van der Waals surface area contributed by atoms with E-state index in [0.717, 1.165) is 36.9 Å². The maximum Gasteiger partial charge on any atom is 0.268 e. The van der Waals surface area contributed by atoms with E-state index in [4.69, 9.17) is 0 Å². The molecule has 0 bridgehead atoms. The van der Waals surface area contributed by atoms with Gasteiger partial charge in [0.2, 0.25) is 5.91 Å². The number of carbonyl (C=O) groups is 2. The molecule has 7 heteroatoms.